The van der Waals surface area contributed by atoms with Gasteiger partial charge in [-0.05, 0) is 47.0 Å². The summed E-state index contributed by atoms with van der Waals surface area (Å²) in [6, 6.07) is 29.1. The van der Waals surface area contributed by atoms with Gasteiger partial charge in [-0.25, -0.2) is 9.78 Å². The third-order valence-corrected chi connectivity index (χ3v) is 5.56. The maximum absolute atomic E-state index is 11.9. The minimum atomic E-state index is -0.374. The summed E-state index contributed by atoms with van der Waals surface area (Å²) in [5.41, 5.74) is 7.55. The molecule has 0 fully saturated rings. The Balaban J connectivity index is 1.72. The van der Waals surface area contributed by atoms with E-state index in [2.05, 4.69) is 12.1 Å². The summed E-state index contributed by atoms with van der Waals surface area (Å²) in [5, 5.41) is 9.33. The van der Waals surface area contributed by atoms with Crippen LogP contribution in [0, 0.1) is 11.3 Å². The highest BCUT2D eigenvalue weighted by Crippen LogP contribution is 2.32. The van der Waals surface area contributed by atoms with Crippen LogP contribution in [0.4, 0.5) is 0 Å². The molecule has 0 aliphatic heterocycles. The molecule has 5 heteroatoms. The molecule has 0 bridgehead atoms. The molecule has 0 aliphatic carbocycles. The Morgan fingerprint density at radius 1 is 0.848 bits per heavy atom. The molecule has 0 saturated carbocycles. The molecule has 5 rings (SSSR count). The number of carbonyl (C=O) groups is 1. The lowest BCUT2D eigenvalue weighted by Gasteiger charge is -2.10. The zero-order chi connectivity index (χ0) is 22.8. The maximum Gasteiger partial charge on any atom is 0.337 e. The predicted octanol–water partition coefficient (Wildman–Crippen LogP) is 5.99. The second kappa shape index (κ2) is 8.45. The molecule has 0 aliphatic rings. The molecule has 0 atom stereocenters. The van der Waals surface area contributed by atoms with E-state index in [1.54, 1.807) is 18.2 Å². The molecular formula is C28H19N3O2. The van der Waals surface area contributed by atoms with Gasteiger partial charge < -0.3 is 9.14 Å². The number of carbonyl (C=O) groups excluding carboxylic acids is 1. The summed E-state index contributed by atoms with van der Waals surface area (Å²) < 4.78 is 6.84. The van der Waals surface area contributed by atoms with E-state index in [-0.39, 0.29) is 5.97 Å². The molecule has 0 amide bonds. The van der Waals surface area contributed by atoms with Crippen LogP contribution in [0.5, 0.6) is 0 Å². The average Bonchev–Trinajstić information content (AvgIpc) is 3.33. The number of fused-ring (bicyclic) bond motifs is 1. The third-order valence-electron chi connectivity index (χ3n) is 5.56. The van der Waals surface area contributed by atoms with Gasteiger partial charge in [-0.15, -0.1) is 0 Å². The van der Waals surface area contributed by atoms with Crippen LogP contribution in [0.1, 0.15) is 15.9 Å². The monoisotopic (exact) mass is 429 g/mol. The van der Waals surface area contributed by atoms with Crippen molar-refractivity contribution in [1.82, 2.24) is 9.38 Å². The van der Waals surface area contributed by atoms with Gasteiger partial charge in [-0.2, -0.15) is 5.26 Å². The average molecular weight is 429 g/mol. The second-order valence-corrected chi connectivity index (χ2v) is 7.63. The summed E-state index contributed by atoms with van der Waals surface area (Å²) in [4.78, 5) is 16.8. The molecule has 0 saturated heterocycles. The first-order chi connectivity index (χ1) is 16.2. The quantitative estimate of drug-likeness (QED) is 0.329. The molecule has 2 heterocycles. The highest BCUT2D eigenvalue weighted by molar-refractivity contribution is 5.91. The summed E-state index contributed by atoms with van der Waals surface area (Å²) >= 11 is 0. The summed E-state index contributed by atoms with van der Waals surface area (Å²) in [6.45, 7) is 0. The van der Waals surface area contributed by atoms with Gasteiger partial charge in [0, 0.05) is 23.5 Å². The van der Waals surface area contributed by atoms with Gasteiger partial charge in [0.05, 0.1) is 30.0 Å². The number of nitriles is 1. The Kier molecular flexibility index (Phi) is 5.18. The fourth-order valence-electron chi connectivity index (χ4n) is 3.89. The van der Waals surface area contributed by atoms with Crippen LogP contribution in [-0.2, 0) is 4.74 Å². The fraction of sp³-hybridized carbons (Fsp3) is 0.0357. The maximum atomic E-state index is 11.9. The number of esters is 1. The number of pyridine rings is 1. The molecule has 0 unspecified atom stereocenters. The van der Waals surface area contributed by atoms with Crippen molar-refractivity contribution in [3.63, 3.8) is 0 Å². The topological polar surface area (TPSA) is 67.4 Å². The summed E-state index contributed by atoms with van der Waals surface area (Å²) in [5.74, 6) is -0.374. The Labute approximate surface area is 191 Å². The Bertz CT molecular complexity index is 1510. The van der Waals surface area contributed by atoms with Crippen LogP contribution in [-0.4, -0.2) is 22.5 Å². The summed E-state index contributed by atoms with van der Waals surface area (Å²) in [7, 11) is 1.37. The lowest BCUT2D eigenvalue weighted by atomic mass is 9.99. The van der Waals surface area contributed by atoms with Crippen LogP contribution in [0.15, 0.2) is 97.3 Å². The second-order valence-electron chi connectivity index (χ2n) is 7.63. The molecule has 5 nitrogen and oxygen atoms in total. The van der Waals surface area contributed by atoms with Crippen molar-refractivity contribution < 1.29 is 9.53 Å². The van der Waals surface area contributed by atoms with Crippen molar-refractivity contribution >= 4 is 11.6 Å². The highest BCUT2D eigenvalue weighted by Gasteiger charge is 2.14. The number of hydrogen-bond acceptors (Lipinski definition) is 4. The number of aromatic nitrogens is 2. The first kappa shape index (κ1) is 20.2. The van der Waals surface area contributed by atoms with Crippen molar-refractivity contribution in [3.8, 4) is 39.6 Å². The minimum Gasteiger partial charge on any atom is -0.465 e. The zero-order valence-electron chi connectivity index (χ0n) is 17.9. The van der Waals surface area contributed by atoms with Gasteiger partial charge in [-0.3, -0.25) is 0 Å². The van der Waals surface area contributed by atoms with Gasteiger partial charge in [0.2, 0.25) is 0 Å². The van der Waals surface area contributed by atoms with E-state index in [9.17, 15) is 10.1 Å². The molecule has 158 valence electrons. The Morgan fingerprint density at radius 3 is 2.33 bits per heavy atom. The normalized spacial score (nSPS) is 10.7. The SMILES string of the molecule is COC(=O)c1ccc(-c2cc(-c3cccc(C#N)c3)cn3cc(-c4ccccc4)nc23)cc1. The standard InChI is InChI=1S/C28H19N3O2/c1-33-28(32)22-12-10-20(11-13-22)25-15-24(23-9-5-6-19(14-23)16-29)17-31-18-26(30-27(25)31)21-7-3-2-4-8-21/h2-15,17-18H,1H3. The fourth-order valence-corrected chi connectivity index (χ4v) is 3.89. The van der Waals surface area contributed by atoms with Crippen molar-refractivity contribution in [1.29, 1.82) is 5.26 Å². The molecule has 2 aromatic heterocycles. The Morgan fingerprint density at radius 2 is 1.61 bits per heavy atom. The van der Waals surface area contributed by atoms with Crippen molar-refractivity contribution in [2.75, 3.05) is 7.11 Å². The van der Waals surface area contributed by atoms with Crippen LogP contribution in [0.25, 0.3) is 39.2 Å². The van der Waals surface area contributed by atoms with Gasteiger partial charge >= 0.3 is 5.97 Å². The van der Waals surface area contributed by atoms with E-state index in [1.165, 1.54) is 7.11 Å². The number of benzene rings is 3. The van der Waals surface area contributed by atoms with Crippen molar-refractivity contribution in [3.05, 3.63) is 108 Å². The molecule has 0 spiro atoms. The largest absolute Gasteiger partial charge is 0.465 e. The number of ether oxygens (including phenoxy) is 1. The molecule has 0 radical (unpaired) electrons. The first-order valence-electron chi connectivity index (χ1n) is 10.4. The van der Waals surface area contributed by atoms with E-state index < -0.39 is 0 Å². The lowest BCUT2D eigenvalue weighted by Crippen LogP contribution is -2.00. The van der Waals surface area contributed by atoms with E-state index in [1.807, 2.05) is 77.5 Å². The highest BCUT2D eigenvalue weighted by atomic mass is 16.5. The van der Waals surface area contributed by atoms with E-state index in [0.717, 1.165) is 39.2 Å². The molecular weight excluding hydrogens is 410 g/mol. The molecule has 0 N–H and O–H groups in total. The van der Waals surface area contributed by atoms with Crippen LogP contribution < -0.4 is 0 Å². The van der Waals surface area contributed by atoms with Crippen LogP contribution in [0.2, 0.25) is 0 Å². The molecule has 3 aromatic carbocycles. The first-order valence-corrected chi connectivity index (χ1v) is 10.4. The van der Waals surface area contributed by atoms with E-state index >= 15 is 0 Å². The molecule has 33 heavy (non-hydrogen) atoms. The van der Waals surface area contributed by atoms with Gasteiger partial charge in [0.15, 0.2) is 0 Å². The third kappa shape index (κ3) is 3.86. The van der Waals surface area contributed by atoms with Crippen molar-refractivity contribution in [2.45, 2.75) is 0 Å². The Hall–Kier alpha value is -4.69. The van der Waals surface area contributed by atoms with Gasteiger partial charge in [0.1, 0.15) is 5.65 Å². The zero-order valence-corrected chi connectivity index (χ0v) is 17.9. The smallest absolute Gasteiger partial charge is 0.337 e. The number of methoxy groups -OCH3 is 1. The van der Waals surface area contributed by atoms with Crippen LogP contribution in [0.3, 0.4) is 0 Å². The van der Waals surface area contributed by atoms with Crippen molar-refractivity contribution in [2.24, 2.45) is 0 Å². The molecule has 5 aromatic rings. The van der Waals surface area contributed by atoms with E-state index in [4.69, 9.17) is 9.72 Å². The summed E-state index contributed by atoms with van der Waals surface area (Å²) in [6.07, 6.45) is 4.03. The number of rotatable bonds is 4. The van der Waals surface area contributed by atoms with E-state index in [0.29, 0.717) is 11.1 Å². The number of hydrogen-bond donors (Lipinski definition) is 0. The van der Waals surface area contributed by atoms with Gasteiger partial charge in [0.25, 0.3) is 0 Å². The predicted molar refractivity (Wildman–Crippen MR) is 128 cm³/mol. The minimum absolute atomic E-state index is 0.374. The van der Waals surface area contributed by atoms with Crippen LogP contribution >= 0.6 is 0 Å². The van der Waals surface area contributed by atoms with Gasteiger partial charge in [-0.1, -0.05) is 54.6 Å². The number of nitrogens with zero attached hydrogens (tertiary/aromatic N) is 3. The number of imidazole rings is 1. The lowest BCUT2D eigenvalue weighted by molar-refractivity contribution is 0.0601.